The highest BCUT2D eigenvalue weighted by atomic mass is 16.3. The van der Waals surface area contributed by atoms with Gasteiger partial charge in [-0.15, -0.1) is 0 Å². The number of amidine groups is 1. The van der Waals surface area contributed by atoms with Crippen molar-refractivity contribution < 1.29 is 5.11 Å². The molecule has 1 heterocycles. The maximum Gasteiger partial charge on any atom is 0.226 e. The molecule has 0 atom stereocenters. The maximum absolute atomic E-state index is 9.08. The van der Waals surface area contributed by atoms with Crippen molar-refractivity contribution in [1.82, 2.24) is 9.97 Å². The van der Waals surface area contributed by atoms with E-state index in [1.54, 1.807) is 6.07 Å². The fraction of sp³-hybridized carbons (Fsp3) is 0.583. The van der Waals surface area contributed by atoms with Crippen LogP contribution in [0.1, 0.15) is 31.2 Å². The van der Waals surface area contributed by atoms with Gasteiger partial charge in [0.05, 0.1) is 6.61 Å². The highest BCUT2D eigenvalue weighted by Crippen LogP contribution is 2.11. The number of aliphatic hydroxyl groups excluding tert-OH is 1. The van der Waals surface area contributed by atoms with E-state index in [9.17, 15) is 0 Å². The number of nitrogens with two attached hydrogens (primary N) is 1. The van der Waals surface area contributed by atoms with Gasteiger partial charge in [-0.1, -0.05) is 13.3 Å². The number of rotatable bonds is 7. The Hall–Kier alpha value is -1.69. The minimum atomic E-state index is -0.0683. The molecule has 0 aromatic carbocycles. The molecule has 100 valence electrons. The average Bonchev–Trinajstić information content (AvgIpc) is 2.33. The van der Waals surface area contributed by atoms with Gasteiger partial charge in [0, 0.05) is 18.8 Å². The molecule has 0 aliphatic heterocycles. The molecule has 6 nitrogen and oxygen atoms in total. The predicted molar refractivity (Wildman–Crippen MR) is 72.0 cm³/mol. The Kier molecular flexibility index (Phi) is 5.51. The van der Waals surface area contributed by atoms with E-state index in [-0.39, 0.29) is 12.4 Å². The number of hydrogen-bond acceptors (Lipinski definition) is 5. The first-order valence-electron chi connectivity index (χ1n) is 6.14. The van der Waals surface area contributed by atoms with E-state index in [0.717, 1.165) is 25.1 Å². The van der Waals surface area contributed by atoms with Crippen LogP contribution in [-0.4, -0.2) is 40.6 Å². The second-order valence-corrected chi connectivity index (χ2v) is 4.17. The second kappa shape index (κ2) is 6.90. The van der Waals surface area contributed by atoms with Crippen LogP contribution >= 0.6 is 0 Å². The normalized spacial score (nSPS) is 10.4. The number of aryl methyl sites for hydroxylation is 1. The van der Waals surface area contributed by atoms with E-state index in [1.807, 2.05) is 11.8 Å². The fourth-order valence-electron chi connectivity index (χ4n) is 1.61. The third-order valence-electron chi connectivity index (χ3n) is 2.55. The van der Waals surface area contributed by atoms with Gasteiger partial charge in [0.1, 0.15) is 11.5 Å². The van der Waals surface area contributed by atoms with E-state index in [2.05, 4.69) is 16.9 Å². The Morgan fingerprint density at radius 2 is 2.17 bits per heavy atom. The quantitative estimate of drug-likeness (QED) is 0.488. The Bertz CT molecular complexity index is 407. The van der Waals surface area contributed by atoms with Crippen molar-refractivity contribution in [2.45, 2.75) is 26.7 Å². The van der Waals surface area contributed by atoms with Crippen LogP contribution in [0.3, 0.4) is 0 Å². The van der Waals surface area contributed by atoms with Crippen molar-refractivity contribution >= 4 is 11.8 Å². The summed E-state index contributed by atoms with van der Waals surface area (Å²) in [7, 11) is 0. The zero-order valence-electron chi connectivity index (χ0n) is 11.0. The van der Waals surface area contributed by atoms with Crippen LogP contribution in [0.5, 0.6) is 0 Å². The molecule has 4 N–H and O–H groups in total. The van der Waals surface area contributed by atoms with Crippen LogP contribution in [0.2, 0.25) is 0 Å². The molecule has 0 aliphatic carbocycles. The van der Waals surface area contributed by atoms with E-state index in [1.165, 1.54) is 0 Å². The standard InChI is InChI=1S/C12H21N5O/c1-3-4-5-17(6-7-18)12-15-9(2)8-10(16-12)11(13)14/h8,18H,3-7H2,1-2H3,(H3,13,14). The molecule has 0 radical (unpaired) electrons. The summed E-state index contributed by atoms with van der Waals surface area (Å²) in [5, 5.41) is 16.5. The largest absolute Gasteiger partial charge is 0.395 e. The van der Waals surface area contributed by atoms with Crippen molar-refractivity contribution in [3.8, 4) is 0 Å². The van der Waals surface area contributed by atoms with Crippen molar-refractivity contribution in [2.75, 3.05) is 24.6 Å². The molecule has 0 amide bonds. The Morgan fingerprint density at radius 3 is 2.72 bits per heavy atom. The molecule has 6 heteroatoms. The van der Waals surface area contributed by atoms with Crippen LogP contribution in [0, 0.1) is 12.3 Å². The van der Waals surface area contributed by atoms with Gasteiger partial charge in [-0.05, 0) is 19.4 Å². The molecule has 0 fully saturated rings. The molecular weight excluding hydrogens is 230 g/mol. The smallest absolute Gasteiger partial charge is 0.226 e. The van der Waals surface area contributed by atoms with Crippen molar-refractivity contribution in [1.29, 1.82) is 5.41 Å². The minimum Gasteiger partial charge on any atom is -0.395 e. The third-order valence-corrected chi connectivity index (χ3v) is 2.55. The summed E-state index contributed by atoms with van der Waals surface area (Å²) >= 11 is 0. The summed E-state index contributed by atoms with van der Waals surface area (Å²) in [6.07, 6.45) is 2.07. The fourth-order valence-corrected chi connectivity index (χ4v) is 1.61. The molecule has 0 bridgehead atoms. The molecule has 0 saturated heterocycles. The lowest BCUT2D eigenvalue weighted by molar-refractivity contribution is 0.301. The SMILES string of the molecule is CCCCN(CCO)c1nc(C)cc(C(=N)N)n1. The molecule has 1 rings (SSSR count). The van der Waals surface area contributed by atoms with Gasteiger partial charge in [0.25, 0.3) is 0 Å². The van der Waals surface area contributed by atoms with Gasteiger partial charge in [-0.25, -0.2) is 9.97 Å². The number of nitrogen functional groups attached to an aromatic ring is 1. The van der Waals surface area contributed by atoms with Crippen LogP contribution < -0.4 is 10.6 Å². The highest BCUT2D eigenvalue weighted by Gasteiger charge is 2.11. The van der Waals surface area contributed by atoms with Gasteiger partial charge in [-0.2, -0.15) is 0 Å². The van der Waals surface area contributed by atoms with Crippen LogP contribution in [0.25, 0.3) is 0 Å². The summed E-state index contributed by atoms with van der Waals surface area (Å²) in [6, 6.07) is 1.68. The van der Waals surface area contributed by atoms with Gasteiger partial charge in [-0.3, -0.25) is 5.41 Å². The van der Waals surface area contributed by atoms with Gasteiger partial charge >= 0.3 is 0 Å². The molecule has 1 aromatic heterocycles. The van der Waals surface area contributed by atoms with Crippen molar-refractivity contribution in [2.24, 2.45) is 5.73 Å². The number of unbranched alkanes of at least 4 members (excludes halogenated alkanes) is 1. The summed E-state index contributed by atoms with van der Waals surface area (Å²) in [5.41, 5.74) is 6.65. The van der Waals surface area contributed by atoms with Crippen molar-refractivity contribution in [3.63, 3.8) is 0 Å². The monoisotopic (exact) mass is 251 g/mol. The number of nitrogens with one attached hydrogen (secondary N) is 1. The van der Waals surface area contributed by atoms with Gasteiger partial charge in [0.2, 0.25) is 5.95 Å². The molecule has 0 saturated carbocycles. The van der Waals surface area contributed by atoms with Crippen LogP contribution in [0.15, 0.2) is 6.07 Å². The number of aliphatic hydroxyl groups is 1. The van der Waals surface area contributed by atoms with Crippen LogP contribution in [-0.2, 0) is 0 Å². The van der Waals surface area contributed by atoms with Crippen LogP contribution in [0.4, 0.5) is 5.95 Å². The molecule has 1 aromatic rings. The summed E-state index contributed by atoms with van der Waals surface area (Å²) in [4.78, 5) is 10.5. The Balaban J connectivity index is 2.98. The summed E-state index contributed by atoms with van der Waals surface area (Å²) in [5.74, 6) is 0.462. The molecule has 0 unspecified atom stereocenters. The lowest BCUT2D eigenvalue weighted by Gasteiger charge is -2.22. The zero-order chi connectivity index (χ0) is 13.5. The Labute approximate surface area is 107 Å². The van der Waals surface area contributed by atoms with Crippen molar-refractivity contribution in [3.05, 3.63) is 17.5 Å². The minimum absolute atomic E-state index is 0.0520. The number of anilines is 1. The molecule has 18 heavy (non-hydrogen) atoms. The maximum atomic E-state index is 9.08. The summed E-state index contributed by atoms with van der Waals surface area (Å²) < 4.78 is 0. The lowest BCUT2D eigenvalue weighted by atomic mass is 10.3. The first-order valence-corrected chi connectivity index (χ1v) is 6.14. The number of nitrogens with zero attached hydrogens (tertiary/aromatic N) is 3. The third kappa shape index (κ3) is 3.96. The highest BCUT2D eigenvalue weighted by molar-refractivity contribution is 5.93. The average molecular weight is 251 g/mol. The predicted octanol–water partition coefficient (Wildman–Crippen LogP) is 0.668. The van der Waals surface area contributed by atoms with Gasteiger partial charge < -0.3 is 15.7 Å². The van der Waals surface area contributed by atoms with Gasteiger partial charge in [0.15, 0.2) is 0 Å². The first kappa shape index (κ1) is 14.4. The van der Waals surface area contributed by atoms with E-state index >= 15 is 0 Å². The summed E-state index contributed by atoms with van der Waals surface area (Å²) in [6.45, 7) is 5.28. The Morgan fingerprint density at radius 1 is 1.44 bits per heavy atom. The molecule has 0 spiro atoms. The van der Waals surface area contributed by atoms with E-state index in [4.69, 9.17) is 16.2 Å². The zero-order valence-corrected chi connectivity index (χ0v) is 11.0. The molecular formula is C12H21N5O. The topological polar surface area (TPSA) is 99.1 Å². The number of hydrogen-bond donors (Lipinski definition) is 3. The molecule has 0 aliphatic rings. The second-order valence-electron chi connectivity index (χ2n) is 4.17. The first-order chi connectivity index (χ1) is 8.58. The lowest BCUT2D eigenvalue weighted by Crippen LogP contribution is -2.30. The van der Waals surface area contributed by atoms with E-state index < -0.39 is 0 Å². The number of aromatic nitrogens is 2. The van der Waals surface area contributed by atoms with E-state index in [0.29, 0.717) is 18.2 Å².